The molecule has 0 aromatic heterocycles. The molecule has 0 saturated carbocycles. The number of aliphatic hydroxyl groups is 1. The molecule has 1 aliphatic rings. The summed E-state index contributed by atoms with van der Waals surface area (Å²) in [4.78, 5) is 10.8. The van der Waals surface area contributed by atoms with Gasteiger partial charge in [0.25, 0.3) is 0 Å². The predicted molar refractivity (Wildman–Crippen MR) is 75.2 cm³/mol. The zero-order chi connectivity index (χ0) is 15.2. The summed E-state index contributed by atoms with van der Waals surface area (Å²) in [5.74, 6) is -0.816. The molecule has 0 amide bonds. The Balaban J connectivity index is 2.13. The molecule has 1 heterocycles. The van der Waals surface area contributed by atoms with Crippen molar-refractivity contribution in [2.24, 2.45) is 0 Å². The molecule has 118 valence electrons. The summed E-state index contributed by atoms with van der Waals surface area (Å²) in [5, 5.41) is 9.27. The van der Waals surface area contributed by atoms with Crippen molar-refractivity contribution in [2.45, 2.75) is 83.9 Å². The number of unbranched alkanes of at least 4 members (excludes halogenated alkanes) is 2. The molecule has 0 aromatic carbocycles. The number of carbonyl (C=O) groups excluding carboxylic acids is 1. The van der Waals surface area contributed by atoms with Gasteiger partial charge in [-0.3, -0.25) is 4.79 Å². The number of hydrogen-bond donors (Lipinski definition) is 1. The van der Waals surface area contributed by atoms with E-state index in [1.54, 1.807) is 0 Å². The highest BCUT2D eigenvalue weighted by Gasteiger charge is 2.40. The molecule has 5 heteroatoms. The predicted octanol–water partition coefficient (Wildman–Crippen LogP) is 2.40. The van der Waals surface area contributed by atoms with Gasteiger partial charge in [-0.1, -0.05) is 12.8 Å². The quantitative estimate of drug-likeness (QED) is 0.549. The van der Waals surface area contributed by atoms with Gasteiger partial charge in [-0.15, -0.1) is 0 Å². The van der Waals surface area contributed by atoms with E-state index < -0.39 is 5.79 Å². The topological polar surface area (TPSA) is 65.0 Å². The van der Waals surface area contributed by atoms with Crippen LogP contribution >= 0.6 is 0 Å². The van der Waals surface area contributed by atoms with Crippen molar-refractivity contribution in [1.29, 1.82) is 0 Å². The van der Waals surface area contributed by atoms with E-state index in [1.807, 2.05) is 20.8 Å². The molecular weight excluding hydrogens is 260 g/mol. The summed E-state index contributed by atoms with van der Waals surface area (Å²) in [6, 6.07) is 0. The number of rotatable bonds is 8. The maximum Gasteiger partial charge on any atom is 0.302 e. The third-order valence-corrected chi connectivity index (χ3v) is 3.43. The fourth-order valence-electron chi connectivity index (χ4n) is 2.60. The molecule has 1 aliphatic heterocycles. The first-order chi connectivity index (χ1) is 9.34. The van der Waals surface area contributed by atoms with Gasteiger partial charge in [0.15, 0.2) is 5.79 Å². The Morgan fingerprint density at radius 1 is 1.25 bits per heavy atom. The fourth-order valence-corrected chi connectivity index (χ4v) is 2.60. The van der Waals surface area contributed by atoms with Gasteiger partial charge in [-0.25, -0.2) is 0 Å². The zero-order valence-electron chi connectivity index (χ0n) is 13.1. The number of aliphatic hydroxyl groups excluding tert-OH is 1. The minimum Gasteiger partial charge on any atom is -0.463 e. The Labute approximate surface area is 121 Å². The van der Waals surface area contributed by atoms with Crippen LogP contribution in [0.5, 0.6) is 0 Å². The van der Waals surface area contributed by atoms with Crippen LogP contribution in [0, 0.1) is 0 Å². The summed E-state index contributed by atoms with van der Waals surface area (Å²) < 4.78 is 16.5. The lowest BCUT2D eigenvalue weighted by atomic mass is 10.0. The van der Waals surface area contributed by atoms with E-state index in [0.29, 0.717) is 0 Å². The van der Waals surface area contributed by atoms with Gasteiger partial charge in [-0.2, -0.15) is 0 Å². The van der Waals surface area contributed by atoms with Crippen molar-refractivity contribution >= 4 is 5.97 Å². The summed E-state index contributed by atoms with van der Waals surface area (Å²) >= 11 is 0. The molecule has 0 aliphatic carbocycles. The molecular formula is C15H28O5. The second-order valence-electron chi connectivity index (χ2n) is 5.95. The summed E-state index contributed by atoms with van der Waals surface area (Å²) in [7, 11) is 0. The number of carbonyl (C=O) groups is 1. The van der Waals surface area contributed by atoms with Crippen LogP contribution in [-0.4, -0.2) is 41.8 Å². The van der Waals surface area contributed by atoms with Gasteiger partial charge in [0.2, 0.25) is 0 Å². The minimum absolute atomic E-state index is 0.00240. The third kappa shape index (κ3) is 6.20. The fraction of sp³-hybridized carbons (Fsp3) is 0.933. The smallest absolute Gasteiger partial charge is 0.302 e. The molecule has 0 radical (unpaired) electrons. The van der Waals surface area contributed by atoms with E-state index in [0.717, 1.165) is 32.1 Å². The van der Waals surface area contributed by atoms with Gasteiger partial charge in [0, 0.05) is 6.92 Å². The van der Waals surface area contributed by atoms with Crippen LogP contribution in [0.2, 0.25) is 0 Å². The van der Waals surface area contributed by atoms with Gasteiger partial charge in [0.05, 0.1) is 18.8 Å². The van der Waals surface area contributed by atoms with Crippen molar-refractivity contribution in [1.82, 2.24) is 0 Å². The second-order valence-corrected chi connectivity index (χ2v) is 5.95. The molecule has 1 N–H and O–H groups in total. The number of ether oxygens (including phenoxy) is 3. The van der Waals surface area contributed by atoms with Crippen LogP contribution in [0.1, 0.15) is 59.8 Å². The minimum atomic E-state index is -0.595. The van der Waals surface area contributed by atoms with Crippen molar-refractivity contribution in [3.05, 3.63) is 0 Å². The highest BCUT2D eigenvalue weighted by Crippen LogP contribution is 2.30. The van der Waals surface area contributed by atoms with Crippen LogP contribution in [-0.2, 0) is 19.0 Å². The van der Waals surface area contributed by atoms with E-state index in [-0.39, 0.29) is 30.9 Å². The van der Waals surface area contributed by atoms with Gasteiger partial charge in [-0.05, 0) is 40.0 Å². The molecule has 0 spiro atoms. The normalized spacial score (nSPS) is 26.4. The Bertz CT molecular complexity index is 303. The van der Waals surface area contributed by atoms with Crippen LogP contribution in [0.25, 0.3) is 0 Å². The van der Waals surface area contributed by atoms with Crippen molar-refractivity contribution in [2.75, 3.05) is 6.61 Å². The molecule has 1 saturated heterocycles. The van der Waals surface area contributed by atoms with Crippen LogP contribution in [0.4, 0.5) is 0 Å². The molecule has 0 aromatic rings. The van der Waals surface area contributed by atoms with E-state index in [1.165, 1.54) is 6.92 Å². The molecule has 0 unspecified atom stereocenters. The van der Waals surface area contributed by atoms with Crippen molar-refractivity contribution < 1.29 is 24.1 Å². The molecule has 0 bridgehead atoms. The monoisotopic (exact) mass is 288 g/mol. The van der Waals surface area contributed by atoms with Crippen LogP contribution < -0.4 is 0 Å². The van der Waals surface area contributed by atoms with E-state index in [9.17, 15) is 9.90 Å². The SMILES string of the molecule is CC(=O)O[C@H](C)CCCCC[C@@H]1OC(C)(C)O[C@H]1CO. The van der Waals surface area contributed by atoms with Gasteiger partial charge < -0.3 is 19.3 Å². The maximum atomic E-state index is 10.8. The zero-order valence-corrected chi connectivity index (χ0v) is 13.1. The molecule has 1 fully saturated rings. The van der Waals surface area contributed by atoms with Crippen LogP contribution in [0.3, 0.4) is 0 Å². The first-order valence-corrected chi connectivity index (χ1v) is 7.48. The largest absolute Gasteiger partial charge is 0.463 e. The Hall–Kier alpha value is -0.650. The second kappa shape index (κ2) is 7.96. The van der Waals surface area contributed by atoms with E-state index in [2.05, 4.69) is 0 Å². The lowest BCUT2D eigenvalue weighted by molar-refractivity contribution is -0.149. The maximum absolute atomic E-state index is 10.8. The standard InChI is InChI=1S/C15H28O5/c1-11(18-12(2)17)8-6-5-7-9-13-14(10-16)20-15(3,4)19-13/h11,13-14,16H,5-10H2,1-4H3/t11-,13+,14+/m1/s1. The Morgan fingerprint density at radius 2 is 1.90 bits per heavy atom. The van der Waals surface area contributed by atoms with E-state index >= 15 is 0 Å². The lowest BCUT2D eigenvalue weighted by Crippen LogP contribution is -2.26. The summed E-state index contributed by atoms with van der Waals surface area (Å²) in [5.41, 5.74) is 0. The molecule has 3 atom stereocenters. The summed E-state index contributed by atoms with van der Waals surface area (Å²) in [6.45, 7) is 7.09. The van der Waals surface area contributed by atoms with Crippen molar-refractivity contribution in [3.63, 3.8) is 0 Å². The van der Waals surface area contributed by atoms with Crippen molar-refractivity contribution in [3.8, 4) is 0 Å². The first kappa shape index (κ1) is 17.4. The number of esters is 1. The van der Waals surface area contributed by atoms with Crippen LogP contribution in [0.15, 0.2) is 0 Å². The number of hydrogen-bond acceptors (Lipinski definition) is 5. The average Bonchev–Trinajstić information content (AvgIpc) is 2.62. The van der Waals surface area contributed by atoms with Gasteiger partial charge in [0.1, 0.15) is 6.10 Å². The van der Waals surface area contributed by atoms with Gasteiger partial charge >= 0.3 is 5.97 Å². The Kier molecular flexibility index (Phi) is 6.92. The Morgan fingerprint density at radius 3 is 2.50 bits per heavy atom. The highest BCUT2D eigenvalue weighted by molar-refractivity contribution is 5.66. The summed E-state index contributed by atoms with van der Waals surface area (Å²) in [6.07, 6.45) is 4.62. The highest BCUT2D eigenvalue weighted by atomic mass is 16.8. The van der Waals surface area contributed by atoms with E-state index in [4.69, 9.17) is 14.2 Å². The average molecular weight is 288 g/mol. The molecule has 5 nitrogen and oxygen atoms in total. The third-order valence-electron chi connectivity index (χ3n) is 3.43. The molecule has 1 rings (SSSR count). The lowest BCUT2D eigenvalue weighted by Gasteiger charge is -2.17. The molecule has 20 heavy (non-hydrogen) atoms. The first-order valence-electron chi connectivity index (χ1n) is 7.48.